The van der Waals surface area contributed by atoms with Crippen molar-refractivity contribution in [2.75, 3.05) is 5.09 Å². The molecule has 0 atom stereocenters. The van der Waals surface area contributed by atoms with E-state index in [1.54, 1.807) is 0 Å². The third kappa shape index (κ3) is 5.11. The molecule has 0 saturated heterocycles. The van der Waals surface area contributed by atoms with Crippen LogP contribution in [-0.2, 0) is 13.6 Å². The first-order valence-electron chi connectivity index (χ1n) is 5.82. The fraction of sp³-hybridized carbons (Fsp3) is 0.500. The summed E-state index contributed by atoms with van der Waals surface area (Å²) in [6.45, 7) is 7.27. The maximum absolute atomic E-state index is 12.6. The van der Waals surface area contributed by atoms with Crippen molar-refractivity contribution in [3.8, 4) is 0 Å². The van der Waals surface area contributed by atoms with E-state index in [9.17, 15) is 4.57 Å². The van der Waals surface area contributed by atoms with Crippen molar-refractivity contribution in [3.05, 3.63) is 28.7 Å². The van der Waals surface area contributed by atoms with Gasteiger partial charge in [0.1, 0.15) is 0 Å². The summed E-state index contributed by atoms with van der Waals surface area (Å²) < 4.78 is 24.2. The second-order valence-corrected chi connectivity index (χ2v) is 6.89. The van der Waals surface area contributed by atoms with E-state index in [4.69, 9.17) is 9.05 Å². The lowest BCUT2D eigenvalue weighted by atomic mass is 10.3. The van der Waals surface area contributed by atoms with Crippen LogP contribution < -0.4 is 5.09 Å². The summed E-state index contributed by atoms with van der Waals surface area (Å²) in [5, 5.41) is 2.85. The molecule has 1 aromatic rings. The molecular formula is C12H19BrNO3P. The van der Waals surface area contributed by atoms with Crippen molar-refractivity contribution in [2.24, 2.45) is 0 Å². The predicted octanol–water partition coefficient (Wildman–Crippen LogP) is 4.82. The van der Waals surface area contributed by atoms with Gasteiger partial charge in [-0.25, -0.2) is 4.57 Å². The minimum absolute atomic E-state index is 0.190. The Balaban J connectivity index is 2.91. The van der Waals surface area contributed by atoms with Crippen LogP contribution in [0.15, 0.2) is 28.7 Å². The highest BCUT2D eigenvalue weighted by atomic mass is 79.9. The first kappa shape index (κ1) is 15.7. The largest absolute Gasteiger partial charge is 0.433 e. The van der Waals surface area contributed by atoms with Crippen LogP contribution in [0.25, 0.3) is 0 Å². The molecule has 0 aliphatic heterocycles. The first-order valence-corrected chi connectivity index (χ1v) is 8.15. The summed E-state index contributed by atoms with van der Waals surface area (Å²) in [6.07, 6.45) is -0.380. The van der Waals surface area contributed by atoms with Crippen LogP contribution in [-0.4, -0.2) is 12.2 Å². The van der Waals surface area contributed by atoms with Gasteiger partial charge in [-0.15, -0.1) is 0 Å². The number of hydrogen-bond donors (Lipinski definition) is 1. The van der Waals surface area contributed by atoms with Crippen LogP contribution in [0, 0.1) is 0 Å². The smallest absolute Gasteiger partial charge is 0.292 e. The molecule has 0 aliphatic carbocycles. The molecular weight excluding hydrogens is 317 g/mol. The average Bonchev–Trinajstić information content (AvgIpc) is 2.18. The fourth-order valence-electron chi connectivity index (χ4n) is 1.33. The van der Waals surface area contributed by atoms with Gasteiger partial charge in [0.15, 0.2) is 0 Å². The zero-order valence-corrected chi connectivity index (χ0v) is 13.5. The van der Waals surface area contributed by atoms with Crippen LogP contribution in [0.2, 0.25) is 0 Å². The molecule has 0 spiro atoms. The zero-order chi connectivity index (χ0) is 13.8. The molecule has 1 aromatic carbocycles. The topological polar surface area (TPSA) is 47.6 Å². The number of benzene rings is 1. The van der Waals surface area contributed by atoms with Crippen LogP contribution in [0.5, 0.6) is 0 Å². The molecule has 0 saturated carbocycles. The SMILES string of the molecule is CC(C)OP(=O)(Nc1ccccc1Br)OC(C)C. The van der Waals surface area contributed by atoms with Crippen molar-refractivity contribution >= 4 is 29.4 Å². The van der Waals surface area contributed by atoms with Gasteiger partial charge in [-0.2, -0.15) is 0 Å². The summed E-state index contributed by atoms with van der Waals surface area (Å²) in [5.74, 6) is 0. The van der Waals surface area contributed by atoms with E-state index >= 15 is 0 Å². The molecule has 102 valence electrons. The molecule has 6 heteroatoms. The van der Waals surface area contributed by atoms with Gasteiger partial charge < -0.3 is 0 Å². The minimum Gasteiger partial charge on any atom is -0.292 e. The molecule has 0 radical (unpaired) electrons. The third-order valence-electron chi connectivity index (χ3n) is 1.83. The fourth-order valence-corrected chi connectivity index (χ4v) is 3.62. The first-order chi connectivity index (χ1) is 8.32. The highest BCUT2D eigenvalue weighted by molar-refractivity contribution is 9.10. The monoisotopic (exact) mass is 335 g/mol. The Hall–Kier alpha value is -0.350. The van der Waals surface area contributed by atoms with E-state index < -0.39 is 7.75 Å². The van der Waals surface area contributed by atoms with Gasteiger partial charge in [-0.3, -0.25) is 14.1 Å². The second-order valence-electron chi connectivity index (χ2n) is 4.40. The Morgan fingerprint density at radius 3 is 2.06 bits per heavy atom. The summed E-state index contributed by atoms with van der Waals surface area (Å²) in [5.41, 5.74) is 0.683. The van der Waals surface area contributed by atoms with Crippen LogP contribution in [0.4, 0.5) is 5.69 Å². The van der Waals surface area contributed by atoms with Gasteiger partial charge in [-0.1, -0.05) is 12.1 Å². The van der Waals surface area contributed by atoms with E-state index in [1.165, 1.54) is 0 Å². The normalized spacial score (nSPS) is 12.2. The Morgan fingerprint density at radius 1 is 1.11 bits per heavy atom. The summed E-state index contributed by atoms with van der Waals surface area (Å²) in [4.78, 5) is 0. The maximum Gasteiger partial charge on any atom is 0.433 e. The van der Waals surface area contributed by atoms with Gasteiger partial charge in [0.2, 0.25) is 0 Å². The average molecular weight is 336 g/mol. The Kier molecular flexibility index (Phi) is 5.86. The number of hydrogen-bond acceptors (Lipinski definition) is 3. The Labute approximate surface area is 117 Å². The lowest BCUT2D eigenvalue weighted by molar-refractivity contribution is 0.146. The molecule has 18 heavy (non-hydrogen) atoms. The Bertz CT molecular complexity index is 423. The van der Waals surface area contributed by atoms with E-state index in [2.05, 4.69) is 21.0 Å². The molecule has 0 heterocycles. The molecule has 0 unspecified atom stereocenters. The van der Waals surface area contributed by atoms with Gasteiger partial charge in [0, 0.05) is 4.47 Å². The van der Waals surface area contributed by atoms with Crippen molar-refractivity contribution in [3.63, 3.8) is 0 Å². The van der Waals surface area contributed by atoms with Crippen LogP contribution in [0.3, 0.4) is 0 Å². The standard InChI is InChI=1S/C12H19BrNO3P/c1-9(2)16-18(15,17-10(3)4)14-12-8-6-5-7-11(12)13/h5-10H,1-4H3,(H,14,15). The quantitative estimate of drug-likeness (QED) is 0.757. The minimum atomic E-state index is -3.36. The van der Waals surface area contributed by atoms with Crippen molar-refractivity contribution in [1.29, 1.82) is 0 Å². The molecule has 0 aliphatic rings. The molecule has 0 amide bonds. The van der Waals surface area contributed by atoms with Crippen molar-refractivity contribution < 1.29 is 13.6 Å². The number of anilines is 1. The molecule has 0 aromatic heterocycles. The number of halogens is 1. The van der Waals surface area contributed by atoms with Crippen LogP contribution >= 0.6 is 23.7 Å². The van der Waals surface area contributed by atoms with Crippen LogP contribution in [0.1, 0.15) is 27.7 Å². The number of para-hydroxylation sites is 1. The molecule has 0 bridgehead atoms. The lowest BCUT2D eigenvalue weighted by Gasteiger charge is -2.24. The van der Waals surface area contributed by atoms with Gasteiger partial charge in [0.25, 0.3) is 0 Å². The summed E-state index contributed by atoms with van der Waals surface area (Å²) in [7, 11) is -3.36. The number of nitrogens with one attached hydrogen (secondary N) is 1. The highest BCUT2D eigenvalue weighted by Crippen LogP contribution is 2.51. The van der Waals surface area contributed by atoms with Gasteiger partial charge in [0.05, 0.1) is 17.9 Å². The van der Waals surface area contributed by atoms with E-state index in [0.717, 1.165) is 4.47 Å². The van der Waals surface area contributed by atoms with Crippen molar-refractivity contribution in [2.45, 2.75) is 39.9 Å². The highest BCUT2D eigenvalue weighted by Gasteiger charge is 2.28. The molecule has 1 rings (SSSR count). The van der Waals surface area contributed by atoms with E-state index in [-0.39, 0.29) is 12.2 Å². The lowest BCUT2D eigenvalue weighted by Crippen LogP contribution is -2.13. The van der Waals surface area contributed by atoms with Gasteiger partial charge in [-0.05, 0) is 55.8 Å². The zero-order valence-electron chi connectivity index (χ0n) is 11.0. The maximum atomic E-state index is 12.6. The number of rotatable bonds is 6. The predicted molar refractivity (Wildman–Crippen MR) is 77.8 cm³/mol. The summed E-state index contributed by atoms with van der Waals surface area (Å²) >= 11 is 3.39. The molecule has 1 N–H and O–H groups in total. The third-order valence-corrected chi connectivity index (χ3v) is 4.44. The van der Waals surface area contributed by atoms with Crippen molar-refractivity contribution in [1.82, 2.24) is 0 Å². The van der Waals surface area contributed by atoms with E-state index in [1.807, 2.05) is 52.0 Å². The molecule has 4 nitrogen and oxygen atoms in total. The molecule has 0 fully saturated rings. The van der Waals surface area contributed by atoms with E-state index in [0.29, 0.717) is 5.69 Å². The summed E-state index contributed by atoms with van der Waals surface area (Å²) in [6, 6.07) is 7.40. The van der Waals surface area contributed by atoms with Gasteiger partial charge >= 0.3 is 7.75 Å². The second kappa shape index (κ2) is 6.71. The Morgan fingerprint density at radius 2 is 1.61 bits per heavy atom.